The van der Waals surface area contributed by atoms with Gasteiger partial charge in [0.15, 0.2) is 0 Å². The molecule has 5 heteroatoms. The lowest BCUT2D eigenvalue weighted by Crippen LogP contribution is -1.82. The Morgan fingerprint density at radius 1 is 1.00 bits per heavy atom. The van der Waals surface area contributed by atoms with Gasteiger partial charge in [-0.15, -0.1) is 0 Å². The van der Waals surface area contributed by atoms with Crippen molar-refractivity contribution in [1.29, 1.82) is 0 Å². The summed E-state index contributed by atoms with van der Waals surface area (Å²) in [6.45, 7) is 2.06. The molecule has 0 aliphatic carbocycles. The second-order valence-electron chi connectivity index (χ2n) is 4.33. The highest BCUT2D eigenvalue weighted by Crippen LogP contribution is 2.31. The zero-order valence-corrected chi connectivity index (χ0v) is 14.7. The number of nitrogens with zero attached hydrogens (tertiary/aromatic N) is 1. The molecule has 0 aliphatic heterocycles. The van der Waals surface area contributed by atoms with E-state index in [9.17, 15) is 0 Å². The molecule has 96 valence electrons. The van der Waals surface area contributed by atoms with Gasteiger partial charge in [0.25, 0.3) is 0 Å². The second-order valence-corrected chi connectivity index (χ2v) is 7.01. The fourth-order valence-corrected chi connectivity index (χ4v) is 3.86. The quantitative estimate of drug-likeness (QED) is 0.503. The first-order valence-corrected chi connectivity index (χ1v) is 8.04. The van der Waals surface area contributed by atoms with E-state index in [2.05, 4.69) is 65.8 Å². The number of aromatic nitrogens is 2. The highest BCUT2D eigenvalue weighted by molar-refractivity contribution is 9.11. The first-order valence-electron chi connectivity index (χ1n) is 5.66. The average Bonchev–Trinajstić information content (AvgIpc) is 2.72. The van der Waals surface area contributed by atoms with Crippen molar-refractivity contribution in [1.82, 2.24) is 9.97 Å². The van der Waals surface area contributed by atoms with E-state index in [0.717, 1.165) is 41.4 Å². The topological polar surface area (TPSA) is 28.7 Å². The molecule has 0 amide bonds. The monoisotopic (exact) mass is 442 g/mol. The Labute approximate surface area is 136 Å². The molecule has 0 aliphatic rings. The van der Waals surface area contributed by atoms with Crippen molar-refractivity contribution in [2.24, 2.45) is 0 Å². The maximum atomic E-state index is 4.69. The zero-order valence-electron chi connectivity index (χ0n) is 9.97. The van der Waals surface area contributed by atoms with E-state index < -0.39 is 0 Å². The lowest BCUT2D eigenvalue weighted by atomic mass is 10.2. The number of fused-ring (bicyclic) bond motifs is 1. The molecule has 0 saturated carbocycles. The molecular weight excluding hydrogens is 436 g/mol. The molecule has 2 nitrogen and oxygen atoms in total. The van der Waals surface area contributed by atoms with Crippen LogP contribution in [0.15, 0.2) is 43.7 Å². The van der Waals surface area contributed by atoms with Crippen LogP contribution < -0.4 is 0 Å². The average molecular weight is 445 g/mol. The van der Waals surface area contributed by atoms with E-state index in [1.165, 1.54) is 0 Å². The number of imidazole rings is 1. The third-order valence-electron chi connectivity index (χ3n) is 2.93. The van der Waals surface area contributed by atoms with Gasteiger partial charge in [-0.25, -0.2) is 4.98 Å². The molecule has 0 saturated heterocycles. The normalized spacial score (nSPS) is 11.2. The molecule has 3 aromatic rings. The molecule has 3 rings (SSSR count). The standard InChI is InChI=1S/C14H9Br3N2/c1-7-4-9(16)6-12-13(7)19-14(18-12)10-3-2-8(15)5-11(10)17/h2-6H,1H3,(H,18,19). The van der Waals surface area contributed by atoms with Gasteiger partial charge < -0.3 is 4.98 Å². The van der Waals surface area contributed by atoms with Crippen LogP contribution in [0.2, 0.25) is 0 Å². The lowest BCUT2D eigenvalue weighted by molar-refractivity contribution is 1.32. The van der Waals surface area contributed by atoms with Crippen LogP contribution in [0.1, 0.15) is 5.56 Å². The molecule has 0 atom stereocenters. The van der Waals surface area contributed by atoms with Crippen molar-refractivity contribution < 1.29 is 0 Å². The Bertz CT molecular complexity index is 778. The fraction of sp³-hybridized carbons (Fsp3) is 0.0714. The molecule has 0 spiro atoms. The summed E-state index contributed by atoms with van der Waals surface area (Å²) >= 11 is 10.5. The van der Waals surface area contributed by atoms with Gasteiger partial charge in [-0.1, -0.05) is 31.9 Å². The second kappa shape index (κ2) is 5.04. The molecule has 1 N–H and O–H groups in total. The Hall–Kier alpha value is -0.650. The Morgan fingerprint density at radius 2 is 1.79 bits per heavy atom. The maximum absolute atomic E-state index is 4.69. The molecule has 0 radical (unpaired) electrons. The number of H-pyrrole nitrogens is 1. The predicted octanol–water partition coefficient (Wildman–Crippen LogP) is 5.83. The minimum atomic E-state index is 0.871. The van der Waals surface area contributed by atoms with Gasteiger partial charge >= 0.3 is 0 Å². The molecule has 19 heavy (non-hydrogen) atoms. The molecule has 0 fully saturated rings. The number of rotatable bonds is 1. The minimum Gasteiger partial charge on any atom is -0.338 e. The van der Waals surface area contributed by atoms with Crippen LogP contribution >= 0.6 is 47.8 Å². The van der Waals surface area contributed by atoms with Crippen molar-refractivity contribution in [2.75, 3.05) is 0 Å². The van der Waals surface area contributed by atoms with Crippen molar-refractivity contribution in [3.05, 3.63) is 49.3 Å². The van der Waals surface area contributed by atoms with Gasteiger partial charge in [-0.05, 0) is 58.7 Å². The zero-order chi connectivity index (χ0) is 13.6. The first kappa shape index (κ1) is 13.3. The van der Waals surface area contributed by atoms with Crippen LogP contribution in [0.5, 0.6) is 0 Å². The van der Waals surface area contributed by atoms with Crippen LogP contribution in [-0.4, -0.2) is 9.97 Å². The maximum Gasteiger partial charge on any atom is 0.139 e. The summed E-state index contributed by atoms with van der Waals surface area (Å²) in [5, 5.41) is 0. The van der Waals surface area contributed by atoms with E-state index in [0.29, 0.717) is 0 Å². The predicted molar refractivity (Wildman–Crippen MR) is 89.4 cm³/mol. The van der Waals surface area contributed by atoms with Crippen molar-refractivity contribution in [2.45, 2.75) is 6.92 Å². The van der Waals surface area contributed by atoms with E-state index in [4.69, 9.17) is 4.98 Å². The van der Waals surface area contributed by atoms with Crippen LogP contribution in [-0.2, 0) is 0 Å². The Morgan fingerprint density at radius 3 is 2.53 bits per heavy atom. The highest BCUT2D eigenvalue weighted by Gasteiger charge is 2.11. The lowest BCUT2D eigenvalue weighted by Gasteiger charge is -2.00. The molecule has 2 aromatic carbocycles. The third kappa shape index (κ3) is 2.51. The van der Waals surface area contributed by atoms with E-state index in [1.54, 1.807) is 0 Å². The molecule has 0 bridgehead atoms. The summed E-state index contributed by atoms with van der Waals surface area (Å²) in [5.74, 6) is 0.871. The summed E-state index contributed by atoms with van der Waals surface area (Å²) in [5.41, 5.74) is 4.25. The number of aryl methyl sites for hydroxylation is 1. The summed E-state index contributed by atoms with van der Waals surface area (Å²) in [7, 11) is 0. The fourth-order valence-electron chi connectivity index (χ4n) is 2.06. The molecule has 0 unspecified atom stereocenters. The number of halogens is 3. The number of benzene rings is 2. The third-order valence-corrected chi connectivity index (χ3v) is 4.54. The number of aromatic amines is 1. The van der Waals surface area contributed by atoms with Gasteiger partial charge in [0, 0.05) is 19.0 Å². The number of hydrogen-bond acceptors (Lipinski definition) is 1. The number of nitrogens with one attached hydrogen (secondary N) is 1. The van der Waals surface area contributed by atoms with Crippen LogP contribution in [0, 0.1) is 6.92 Å². The van der Waals surface area contributed by atoms with E-state index in [1.807, 2.05) is 24.3 Å². The van der Waals surface area contributed by atoms with Crippen LogP contribution in [0.3, 0.4) is 0 Å². The van der Waals surface area contributed by atoms with E-state index >= 15 is 0 Å². The summed E-state index contributed by atoms with van der Waals surface area (Å²) < 4.78 is 3.11. The van der Waals surface area contributed by atoms with Crippen molar-refractivity contribution in [3.8, 4) is 11.4 Å². The van der Waals surface area contributed by atoms with Gasteiger partial charge in [0.05, 0.1) is 11.0 Å². The smallest absolute Gasteiger partial charge is 0.139 e. The highest BCUT2D eigenvalue weighted by atomic mass is 79.9. The Balaban J connectivity index is 2.23. The SMILES string of the molecule is Cc1cc(Br)cc2[nH]c(-c3ccc(Br)cc3Br)nc12. The van der Waals surface area contributed by atoms with Gasteiger partial charge in [0.1, 0.15) is 5.82 Å². The summed E-state index contributed by atoms with van der Waals surface area (Å²) in [6, 6.07) is 10.2. The van der Waals surface area contributed by atoms with Crippen LogP contribution in [0.4, 0.5) is 0 Å². The largest absolute Gasteiger partial charge is 0.338 e. The van der Waals surface area contributed by atoms with Crippen molar-refractivity contribution in [3.63, 3.8) is 0 Å². The molecular formula is C14H9Br3N2. The number of hydrogen-bond donors (Lipinski definition) is 1. The summed E-state index contributed by atoms with van der Waals surface area (Å²) in [4.78, 5) is 8.06. The van der Waals surface area contributed by atoms with Gasteiger partial charge in [-0.2, -0.15) is 0 Å². The Kier molecular flexibility index (Phi) is 3.53. The molecule has 1 aromatic heterocycles. The van der Waals surface area contributed by atoms with Gasteiger partial charge in [-0.3, -0.25) is 0 Å². The first-order chi connectivity index (χ1) is 9.04. The minimum absolute atomic E-state index is 0.871. The molecule has 1 heterocycles. The van der Waals surface area contributed by atoms with Crippen molar-refractivity contribution >= 4 is 58.8 Å². The van der Waals surface area contributed by atoms with E-state index in [-0.39, 0.29) is 0 Å². The van der Waals surface area contributed by atoms with Crippen LogP contribution in [0.25, 0.3) is 22.4 Å². The summed E-state index contributed by atoms with van der Waals surface area (Å²) in [6.07, 6.45) is 0. The van der Waals surface area contributed by atoms with Gasteiger partial charge in [0.2, 0.25) is 0 Å².